The van der Waals surface area contributed by atoms with Crippen LogP contribution in [-0.2, 0) is 32.7 Å². The summed E-state index contributed by atoms with van der Waals surface area (Å²) in [6.45, 7) is 3.66. The molecule has 0 bridgehead atoms. The van der Waals surface area contributed by atoms with E-state index >= 15 is 0 Å². The Balaban J connectivity index is 0.000000423. The molecular weight excluding hydrogens is 421 g/mol. The van der Waals surface area contributed by atoms with Crippen LogP contribution < -0.4 is 0 Å². The lowest BCUT2D eigenvalue weighted by Gasteiger charge is -2.38. The predicted molar refractivity (Wildman–Crippen MR) is 103 cm³/mol. The van der Waals surface area contributed by atoms with Crippen LogP contribution in [-0.4, -0.2) is 94.8 Å². The van der Waals surface area contributed by atoms with Gasteiger partial charge in [-0.3, -0.25) is 14.4 Å². The van der Waals surface area contributed by atoms with Crippen molar-refractivity contribution in [2.24, 2.45) is 7.05 Å². The summed E-state index contributed by atoms with van der Waals surface area (Å²) in [5, 5.41) is 11.6. The highest BCUT2D eigenvalue weighted by Crippen LogP contribution is 2.37. The Morgan fingerprint density at radius 1 is 1.35 bits per heavy atom. The average molecular weight is 450 g/mol. The van der Waals surface area contributed by atoms with Gasteiger partial charge in [0.15, 0.2) is 0 Å². The van der Waals surface area contributed by atoms with Crippen LogP contribution in [0.3, 0.4) is 0 Å². The summed E-state index contributed by atoms with van der Waals surface area (Å²) in [4.78, 5) is 24.5. The number of aryl methyl sites for hydroxylation is 1. The van der Waals surface area contributed by atoms with E-state index in [1.54, 1.807) is 19.0 Å². The average Bonchev–Trinajstić information content (AvgIpc) is 3.27. The zero-order valence-electron chi connectivity index (χ0n) is 17.9. The van der Waals surface area contributed by atoms with Crippen LogP contribution in [0.2, 0.25) is 0 Å². The predicted octanol–water partition coefficient (Wildman–Crippen LogP) is 1.28. The number of rotatable bonds is 5. The van der Waals surface area contributed by atoms with Crippen molar-refractivity contribution in [1.82, 2.24) is 19.6 Å². The summed E-state index contributed by atoms with van der Waals surface area (Å²) in [6.07, 6.45) is -0.137. The molecule has 0 radical (unpaired) electrons. The Bertz CT molecular complexity index is 745. The number of carbonyl (C=O) groups excluding carboxylic acids is 1. The van der Waals surface area contributed by atoms with Crippen LogP contribution in [0, 0.1) is 0 Å². The molecule has 0 saturated carbocycles. The quantitative estimate of drug-likeness (QED) is 0.722. The highest BCUT2D eigenvalue weighted by Gasteiger charge is 2.43. The smallest absolute Gasteiger partial charge is 0.475 e. The zero-order chi connectivity index (χ0) is 23.2. The van der Waals surface area contributed by atoms with Gasteiger partial charge in [-0.25, -0.2) is 4.79 Å². The third-order valence-electron chi connectivity index (χ3n) is 5.28. The number of aromatic nitrogens is 2. The molecule has 3 heterocycles. The first-order chi connectivity index (χ1) is 14.4. The molecule has 12 heteroatoms. The third-order valence-corrected chi connectivity index (χ3v) is 5.28. The van der Waals surface area contributed by atoms with Crippen molar-refractivity contribution in [3.8, 4) is 0 Å². The molecule has 2 fully saturated rings. The maximum Gasteiger partial charge on any atom is 0.490 e. The number of likely N-dealkylation sites (tertiary alicyclic amines) is 1. The molecule has 1 unspecified atom stereocenters. The summed E-state index contributed by atoms with van der Waals surface area (Å²) in [7, 11) is 5.44. The highest BCUT2D eigenvalue weighted by atomic mass is 19.4. The van der Waals surface area contributed by atoms with Crippen LogP contribution in [0.1, 0.15) is 25.0 Å². The minimum atomic E-state index is -5.08. The van der Waals surface area contributed by atoms with Gasteiger partial charge in [-0.2, -0.15) is 18.3 Å². The molecule has 1 spiro atoms. The number of hydrogen-bond donors (Lipinski definition) is 1. The molecule has 1 amide bonds. The van der Waals surface area contributed by atoms with Gasteiger partial charge in [-0.15, -0.1) is 0 Å². The second-order valence-corrected chi connectivity index (χ2v) is 7.98. The maximum absolute atomic E-state index is 11.6. The Morgan fingerprint density at radius 3 is 2.45 bits per heavy atom. The molecule has 9 nitrogen and oxygen atoms in total. The van der Waals surface area contributed by atoms with Crippen molar-refractivity contribution in [2.45, 2.75) is 43.7 Å². The topological polar surface area (TPSA) is 97.1 Å². The lowest BCUT2D eigenvalue weighted by molar-refractivity contribution is -0.192. The number of likely N-dealkylation sites (N-methyl/N-ethyl adjacent to an activating group) is 1. The van der Waals surface area contributed by atoms with E-state index in [4.69, 9.17) is 19.4 Å². The standard InChI is InChI=1S/C17H28N4O3.C2HF3O2/c1-19(2)16(22)13-23-15-10-17(24-12-15)5-8-21(9-6-17)11-14-4-7-20(3)18-14;3-2(4,5)1(6)7/h4,7,15H,5-6,8-13H2,1-3H3;(H,6,7). The van der Waals surface area contributed by atoms with E-state index < -0.39 is 12.1 Å². The minimum absolute atomic E-state index is 0.00105. The van der Waals surface area contributed by atoms with Gasteiger partial charge < -0.3 is 19.5 Å². The number of carbonyl (C=O) groups is 2. The van der Waals surface area contributed by atoms with Gasteiger partial charge in [0.1, 0.15) is 6.61 Å². The lowest BCUT2D eigenvalue weighted by Crippen LogP contribution is -2.44. The van der Waals surface area contributed by atoms with Gasteiger partial charge in [0.25, 0.3) is 0 Å². The van der Waals surface area contributed by atoms with Crippen molar-refractivity contribution in [3.05, 3.63) is 18.0 Å². The summed E-state index contributed by atoms with van der Waals surface area (Å²) in [6, 6.07) is 2.07. The molecule has 0 aliphatic carbocycles. The van der Waals surface area contributed by atoms with Crippen molar-refractivity contribution in [2.75, 3.05) is 40.4 Å². The Morgan fingerprint density at radius 2 is 1.97 bits per heavy atom. The minimum Gasteiger partial charge on any atom is -0.475 e. The molecule has 2 aliphatic heterocycles. The summed E-state index contributed by atoms with van der Waals surface area (Å²) in [5.74, 6) is -2.76. The van der Waals surface area contributed by atoms with Gasteiger partial charge >= 0.3 is 12.1 Å². The molecule has 3 rings (SSSR count). The Labute approximate surface area is 178 Å². The molecule has 1 atom stereocenters. The summed E-state index contributed by atoms with van der Waals surface area (Å²) in [5.41, 5.74) is 1.05. The number of carboxylic acids is 1. The first kappa shape index (κ1) is 25.1. The van der Waals surface area contributed by atoms with Crippen molar-refractivity contribution >= 4 is 11.9 Å². The maximum atomic E-state index is 11.6. The Hall–Kier alpha value is -2.18. The second-order valence-electron chi connectivity index (χ2n) is 7.98. The van der Waals surface area contributed by atoms with Gasteiger partial charge in [-0.1, -0.05) is 0 Å². The summed E-state index contributed by atoms with van der Waals surface area (Å²) >= 11 is 0. The van der Waals surface area contributed by atoms with Crippen LogP contribution in [0.5, 0.6) is 0 Å². The van der Waals surface area contributed by atoms with E-state index in [9.17, 15) is 18.0 Å². The van der Waals surface area contributed by atoms with Gasteiger partial charge in [0.2, 0.25) is 5.91 Å². The molecule has 0 aromatic carbocycles. The number of hydrogen-bond acceptors (Lipinski definition) is 6. The van der Waals surface area contributed by atoms with Crippen LogP contribution in [0.25, 0.3) is 0 Å². The monoisotopic (exact) mass is 450 g/mol. The van der Waals surface area contributed by atoms with Gasteiger partial charge in [-0.05, 0) is 18.9 Å². The number of alkyl halides is 3. The van der Waals surface area contributed by atoms with E-state index in [1.165, 1.54) is 0 Å². The Kier molecular flexibility index (Phi) is 8.43. The normalized spacial score (nSPS) is 20.9. The highest BCUT2D eigenvalue weighted by molar-refractivity contribution is 5.76. The van der Waals surface area contributed by atoms with E-state index in [0.717, 1.165) is 44.6 Å². The van der Waals surface area contributed by atoms with Crippen molar-refractivity contribution in [1.29, 1.82) is 0 Å². The first-order valence-electron chi connectivity index (χ1n) is 9.87. The number of ether oxygens (including phenoxy) is 2. The van der Waals surface area contributed by atoms with Crippen LogP contribution in [0.15, 0.2) is 12.3 Å². The number of carboxylic acid groups (broad SMARTS) is 1. The SMILES string of the molecule is CN(C)C(=O)COC1COC2(CCN(Cc3ccn(C)n3)CC2)C1.O=C(O)C(F)(F)F. The number of nitrogens with zero attached hydrogens (tertiary/aromatic N) is 4. The fourth-order valence-corrected chi connectivity index (χ4v) is 3.47. The van der Waals surface area contributed by atoms with E-state index in [0.29, 0.717) is 6.61 Å². The molecule has 176 valence electrons. The second kappa shape index (κ2) is 10.4. The number of piperidine rings is 1. The van der Waals surface area contributed by atoms with Crippen molar-refractivity contribution in [3.63, 3.8) is 0 Å². The molecular formula is C19H29F3N4O5. The van der Waals surface area contributed by atoms with Crippen LogP contribution in [0.4, 0.5) is 13.2 Å². The summed E-state index contributed by atoms with van der Waals surface area (Å²) < 4.78 is 45.4. The molecule has 2 saturated heterocycles. The van der Waals surface area contributed by atoms with Gasteiger partial charge in [0.05, 0.1) is 24.0 Å². The molecule has 1 aromatic heterocycles. The number of halogens is 3. The third kappa shape index (κ3) is 7.78. The lowest BCUT2D eigenvalue weighted by atomic mass is 9.88. The van der Waals surface area contributed by atoms with E-state index in [1.807, 2.05) is 17.9 Å². The molecule has 31 heavy (non-hydrogen) atoms. The van der Waals surface area contributed by atoms with E-state index in [-0.39, 0.29) is 24.2 Å². The fourth-order valence-electron chi connectivity index (χ4n) is 3.47. The fraction of sp³-hybridized carbons (Fsp3) is 0.737. The van der Waals surface area contributed by atoms with Gasteiger partial charge in [0, 0.05) is 53.4 Å². The first-order valence-corrected chi connectivity index (χ1v) is 9.87. The molecule has 2 aliphatic rings. The molecule has 1 N–H and O–H groups in total. The van der Waals surface area contributed by atoms with Crippen molar-refractivity contribution < 1.29 is 37.3 Å². The number of aliphatic carboxylic acids is 1. The largest absolute Gasteiger partial charge is 0.490 e. The molecule has 1 aromatic rings. The van der Waals surface area contributed by atoms with E-state index in [2.05, 4.69) is 16.1 Å². The zero-order valence-corrected chi connectivity index (χ0v) is 17.9. The van der Waals surface area contributed by atoms with Crippen LogP contribution >= 0.6 is 0 Å². The number of amides is 1.